The van der Waals surface area contributed by atoms with Crippen molar-refractivity contribution in [2.45, 2.75) is 19.4 Å². The van der Waals surface area contributed by atoms with Crippen molar-refractivity contribution in [3.63, 3.8) is 0 Å². The zero-order valence-corrected chi connectivity index (χ0v) is 12.6. The first kappa shape index (κ1) is 14.8. The van der Waals surface area contributed by atoms with Crippen LogP contribution in [-0.2, 0) is 4.79 Å². The van der Waals surface area contributed by atoms with E-state index in [0.29, 0.717) is 24.4 Å². The van der Waals surface area contributed by atoms with Crippen molar-refractivity contribution in [3.05, 3.63) is 0 Å². The molecule has 0 saturated carbocycles. The highest BCUT2D eigenvalue weighted by Crippen LogP contribution is 2.19. The standard InChI is InChI=1S/C14H28N4O/c1-12-9-17(10-13(12)16(2)3)11-14(19)18-7-4-5-15-6-8-18/h12-13,15H,4-11H2,1-3H3. The average molecular weight is 268 g/mol. The Morgan fingerprint density at radius 3 is 2.74 bits per heavy atom. The zero-order valence-electron chi connectivity index (χ0n) is 12.6. The summed E-state index contributed by atoms with van der Waals surface area (Å²) >= 11 is 0. The number of hydrogen-bond acceptors (Lipinski definition) is 4. The molecule has 2 rings (SSSR count). The topological polar surface area (TPSA) is 38.8 Å². The summed E-state index contributed by atoms with van der Waals surface area (Å²) in [5.74, 6) is 0.948. The van der Waals surface area contributed by atoms with Gasteiger partial charge in [0.2, 0.25) is 5.91 Å². The predicted octanol–water partition coefficient (Wildman–Crippen LogP) is -0.310. The highest BCUT2D eigenvalue weighted by Gasteiger charge is 2.32. The molecule has 0 aromatic rings. The van der Waals surface area contributed by atoms with Crippen LogP contribution in [-0.4, -0.2) is 86.6 Å². The number of likely N-dealkylation sites (tertiary alicyclic amines) is 1. The second-order valence-corrected chi connectivity index (χ2v) is 6.19. The Bertz CT molecular complexity index is 300. The largest absolute Gasteiger partial charge is 0.340 e. The van der Waals surface area contributed by atoms with E-state index < -0.39 is 0 Å². The number of amides is 1. The van der Waals surface area contributed by atoms with Crippen LogP contribution < -0.4 is 5.32 Å². The SMILES string of the molecule is CC1CN(CC(=O)N2CCCNCC2)CC1N(C)C. The van der Waals surface area contributed by atoms with Crippen molar-refractivity contribution in [1.29, 1.82) is 0 Å². The van der Waals surface area contributed by atoms with Gasteiger partial charge in [0.1, 0.15) is 0 Å². The van der Waals surface area contributed by atoms with Gasteiger partial charge < -0.3 is 15.1 Å². The van der Waals surface area contributed by atoms with Crippen molar-refractivity contribution < 1.29 is 4.79 Å². The smallest absolute Gasteiger partial charge is 0.236 e. The highest BCUT2D eigenvalue weighted by molar-refractivity contribution is 5.78. The van der Waals surface area contributed by atoms with Crippen molar-refractivity contribution in [2.75, 3.05) is 59.9 Å². The van der Waals surface area contributed by atoms with E-state index in [0.717, 1.165) is 45.7 Å². The quantitative estimate of drug-likeness (QED) is 0.762. The van der Waals surface area contributed by atoms with Crippen LogP contribution >= 0.6 is 0 Å². The first-order valence-electron chi connectivity index (χ1n) is 7.45. The van der Waals surface area contributed by atoms with Crippen molar-refractivity contribution in [1.82, 2.24) is 20.0 Å². The minimum atomic E-state index is 0.301. The second kappa shape index (κ2) is 6.68. The third-order valence-electron chi connectivity index (χ3n) is 4.36. The van der Waals surface area contributed by atoms with E-state index in [9.17, 15) is 4.79 Å². The average Bonchev–Trinajstić information content (AvgIpc) is 2.58. The third-order valence-corrected chi connectivity index (χ3v) is 4.36. The number of nitrogens with zero attached hydrogens (tertiary/aromatic N) is 3. The maximum absolute atomic E-state index is 12.3. The normalized spacial score (nSPS) is 29.8. The Morgan fingerprint density at radius 2 is 2.05 bits per heavy atom. The lowest BCUT2D eigenvalue weighted by atomic mass is 10.1. The first-order chi connectivity index (χ1) is 9.08. The Kier molecular flexibility index (Phi) is 5.19. The molecule has 0 spiro atoms. The van der Waals surface area contributed by atoms with Crippen LogP contribution in [0, 0.1) is 5.92 Å². The van der Waals surface area contributed by atoms with E-state index in [1.165, 1.54) is 0 Å². The summed E-state index contributed by atoms with van der Waals surface area (Å²) in [4.78, 5) is 19.0. The van der Waals surface area contributed by atoms with Gasteiger partial charge in [-0.3, -0.25) is 9.69 Å². The molecule has 19 heavy (non-hydrogen) atoms. The van der Waals surface area contributed by atoms with Crippen LogP contribution in [0.2, 0.25) is 0 Å². The molecule has 2 unspecified atom stereocenters. The van der Waals surface area contributed by atoms with Gasteiger partial charge >= 0.3 is 0 Å². The summed E-state index contributed by atoms with van der Waals surface area (Å²) in [6.45, 7) is 8.67. The number of carbonyl (C=O) groups excluding carboxylic acids is 1. The number of rotatable bonds is 3. The lowest BCUT2D eigenvalue weighted by molar-refractivity contribution is -0.132. The summed E-state index contributed by atoms with van der Waals surface area (Å²) in [5, 5.41) is 3.34. The van der Waals surface area contributed by atoms with E-state index >= 15 is 0 Å². The third kappa shape index (κ3) is 3.91. The fraction of sp³-hybridized carbons (Fsp3) is 0.929. The molecule has 5 heteroatoms. The van der Waals surface area contributed by atoms with Gasteiger partial charge in [-0.15, -0.1) is 0 Å². The molecular formula is C14H28N4O. The Hall–Kier alpha value is -0.650. The van der Waals surface area contributed by atoms with Crippen LogP contribution in [0.4, 0.5) is 0 Å². The molecular weight excluding hydrogens is 240 g/mol. The zero-order chi connectivity index (χ0) is 13.8. The molecule has 5 nitrogen and oxygen atoms in total. The van der Waals surface area contributed by atoms with Crippen LogP contribution in [0.25, 0.3) is 0 Å². The second-order valence-electron chi connectivity index (χ2n) is 6.19. The number of hydrogen-bond donors (Lipinski definition) is 1. The molecule has 2 aliphatic heterocycles. The summed E-state index contributed by atoms with van der Waals surface area (Å²) in [7, 11) is 4.26. The molecule has 1 N–H and O–H groups in total. The van der Waals surface area contributed by atoms with Gasteiger partial charge in [0.15, 0.2) is 0 Å². The number of carbonyl (C=O) groups is 1. The van der Waals surface area contributed by atoms with Gasteiger partial charge in [-0.2, -0.15) is 0 Å². The molecule has 0 aliphatic carbocycles. The van der Waals surface area contributed by atoms with Crippen LogP contribution in [0.3, 0.4) is 0 Å². The predicted molar refractivity (Wildman–Crippen MR) is 77.1 cm³/mol. The molecule has 2 aliphatic rings. The van der Waals surface area contributed by atoms with Crippen molar-refractivity contribution >= 4 is 5.91 Å². The molecule has 0 aromatic heterocycles. The fourth-order valence-electron chi connectivity index (χ4n) is 3.24. The molecule has 2 heterocycles. The van der Waals surface area contributed by atoms with E-state index in [4.69, 9.17) is 0 Å². The van der Waals surface area contributed by atoms with E-state index in [2.05, 4.69) is 36.1 Å². The maximum atomic E-state index is 12.3. The lowest BCUT2D eigenvalue weighted by Crippen LogP contribution is -2.42. The summed E-state index contributed by atoms with van der Waals surface area (Å²) in [5.41, 5.74) is 0. The van der Waals surface area contributed by atoms with Gasteiger partial charge in [-0.1, -0.05) is 6.92 Å². The van der Waals surface area contributed by atoms with Crippen molar-refractivity contribution in [2.24, 2.45) is 5.92 Å². The monoisotopic (exact) mass is 268 g/mol. The summed E-state index contributed by atoms with van der Waals surface area (Å²) in [6, 6.07) is 0.582. The van der Waals surface area contributed by atoms with Gasteiger partial charge in [0.25, 0.3) is 0 Å². The molecule has 0 aromatic carbocycles. The van der Waals surface area contributed by atoms with E-state index in [-0.39, 0.29) is 0 Å². The highest BCUT2D eigenvalue weighted by atomic mass is 16.2. The van der Waals surface area contributed by atoms with Gasteiger partial charge in [0.05, 0.1) is 6.54 Å². The Morgan fingerprint density at radius 1 is 1.26 bits per heavy atom. The minimum Gasteiger partial charge on any atom is -0.340 e. The van der Waals surface area contributed by atoms with E-state index in [1.807, 2.05) is 4.90 Å². The maximum Gasteiger partial charge on any atom is 0.236 e. The van der Waals surface area contributed by atoms with Gasteiger partial charge in [-0.25, -0.2) is 0 Å². The molecule has 2 saturated heterocycles. The summed E-state index contributed by atoms with van der Waals surface area (Å²) in [6.07, 6.45) is 1.07. The number of nitrogens with one attached hydrogen (secondary N) is 1. The molecule has 0 bridgehead atoms. The molecule has 0 radical (unpaired) electrons. The molecule has 110 valence electrons. The molecule has 2 fully saturated rings. The first-order valence-corrected chi connectivity index (χ1v) is 7.45. The van der Waals surface area contributed by atoms with E-state index in [1.54, 1.807) is 0 Å². The molecule has 1 amide bonds. The minimum absolute atomic E-state index is 0.301. The summed E-state index contributed by atoms with van der Waals surface area (Å²) < 4.78 is 0. The van der Waals surface area contributed by atoms with Gasteiger partial charge in [0, 0.05) is 38.8 Å². The van der Waals surface area contributed by atoms with Crippen LogP contribution in [0.15, 0.2) is 0 Å². The van der Waals surface area contributed by atoms with Gasteiger partial charge in [-0.05, 0) is 33.0 Å². The fourth-order valence-corrected chi connectivity index (χ4v) is 3.24. The number of likely N-dealkylation sites (N-methyl/N-ethyl adjacent to an activating group) is 1. The molecule has 2 atom stereocenters. The lowest BCUT2D eigenvalue weighted by Gasteiger charge is -2.24. The Labute approximate surface area is 116 Å². The van der Waals surface area contributed by atoms with Crippen LogP contribution in [0.1, 0.15) is 13.3 Å². The van der Waals surface area contributed by atoms with Crippen molar-refractivity contribution in [3.8, 4) is 0 Å². The van der Waals surface area contributed by atoms with Crippen LogP contribution in [0.5, 0.6) is 0 Å². The Balaban J connectivity index is 1.82.